The zero-order valence-corrected chi connectivity index (χ0v) is 8.67. The van der Waals surface area contributed by atoms with E-state index in [1.165, 1.54) is 0 Å². The van der Waals surface area contributed by atoms with Gasteiger partial charge in [-0.15, -0.1) is 0 Å². The summed E-state index contributed by atoms with van der Waals surface area (Å²) in [4.78, 5) is 10.6. The molecule has 0 aliphatic carbocycles. The van der Waals surface area contributed by atoms with Crippen molar-refractivity contribution in [3.8, 4) is 0 Å². The van der Waals surface area contributed by atoms with Gasteiger partial charge in [0, 0.05) is 25.6 Å². The summed E-state index contributed by atoms with van der Waals surface area (Å²) in [5, 5.41) is 3.27. The molecule has 2 atom stereocenters. The smallest absolute Gasteiger partial charge is 0.218 e. The molecule has 1 amide bonds. The minimum absolute atomic E-state index is 0.123. The first kappa shape index (κ1) is 12.4. The molecule has 0 saturated carbocycles. The van der Waals surface area contributed by atoms with Gasteiger partial charge in [0.2, 0.25) is 5.91 Å². The van der Waals surface area contributed by atoms with E-state index in [0.29, 0.717) is 19.1 Å². The molecule has 2 unspecified atom stereocenters. The normalized spacial score (nSPS) is 15.3. The van der Waals surface area contributed by atoms with Gasteiger partial charge in [0.25, 0.3) is 0 Å². The SMILES string of the molecule is CCC(COC)NC(C)CC(N)=O. The van der Waals surface area contributed by atoms with E-state index >= 15 is 0 Å². The van der Waals surface area contributed by atoms with Crippen molar-refractivity contribution < 1.29 is 9.53 Å². The zero-order valence-electron chi connectivity index (χ0n) is 8.67. The second-order valence-electron chi connectivity index (χ2n) is 3.30. The van der Waals surface area contributed by atoms with E-state index < -0.39 is 0 Å². The molecular formula is C9H20N2O2. The van der Waals surface area contributed by atoms with E-state index in [-0.39, 0.29) is 11.9 Å². The molecule has 0 aliphatic heterocycles. The zero-order chi connectivity index (χ0) is 10.3. The van der Waals surface area contributed by atoms with Crippen LogP contribution < -0.4 is 11.1 Å². The first-order chi connectivity index (χ1) is 6.10. The lowest BCUT2D eigenvalue weighted by atomic mass is 10.1. The summed E-state index contributed by atoms with van der Waals surface area (Å²) in [5.74, 6) is -0.271. The molecule has 0 rings (SSSR count). The number of hydrogen-bond donors (Lipinski definition) is 2. The molecule has 13 heavy (non-hydrogen) atoms. The van der Waals surface area contributed by atoms with Crippen LogP contribution in [-0.4, -0.2) is 31.7 Å². The van der Waals surface area contributed by atoms with Gasteiger partial charge in [-0.2, -0.15) is 0 Å². The maximum atomic E-state index is 10.6. The predicted octanol–water partition coefficient (Wildman–Crippen LogP) is 0.265. The maximum Gasteiger partial charge on any atom is 0.218 e. The number of carbonyl (C=O) groups is 1. The Morgan fingerprint density at radius 2 is 2.23 bits per heavy atom. The molecule has 0 aromatic heterocycles. The van der Waals surface area contributed by atoms with Crippen molar-refractivity contribution >= 4 is 5.91 Å². The molecule has 0 aromatic rings. The highest BCUT2D eigenvalue weighted by atomic mass is 16.5. The van der Waals surface area contributed by atoms with Gasteiger partial charge in [0.15, 0.2) is 0 Å². The fraction of sp³-hybridized carbons (Fsp3) is 0.889. The van der Waals surface area contributed by atoms with Crippen LogP contribution in [-0.2, 0) is 9.53 Å². The highest BCUT2D eigenvalue weighted by Crippen LogP contribution is 1.97. The van der Waals surface area contributed by atoms with Gasteiger partial charge in [-0.1, -0.05) is 6.92 Å². The Balaban J connectivity index is 3.72. The molecule has 0 spiro atoms. The van der Waals surface area contributed by atoms with Gasteiger partial charge in [-0.05, 0) is 13.3 Å². The van der Waals surface area contributed by atoms with Crippen molar-refractivity contribution in [2.24, 2.45) is 5.73 Å². The third-order valence-electron chi connectivity index (χ3n) is 1.89. The third-order valence-corrected chi connectivity index (χ3v) is 1.89. The fourth-order valence-corrected chi connectivity index (χ4v) is 1.25. The standard InChI is InChI=1S/C9H20N2O2/c1-4-8(6-13-3)11-7(2)5-9(10)12/h7-8,11H,4-6H2,1-3H3,(H2,10,12). The summed E-state index contributed by atoms with van der Waals surface area (Å²) in [6.45, 7) is 4.69. The van der Waals surface area contributed by atoms with Crippen molar-refractivity contribution in [2.75, 3.05) is 13.7 Å². The summed E-state index contributed by atoms with van der Waals surface area (Å²) in [5.41, 5.74) is 5.07. The molecule has 0 radical (unpaired) electrons. The van der Waals surface area contributed by atoms with Crippen molar-refractivity contribution in [3.63, 3.8) is 0 Å². The third kappa shape index (κ3) is 6.54. The van der Waals surface area contributed by atoms with Crippen LogP contribution in [0.3, 0.4) is 0 Å². The van der Waals surface area contributed by atoms with Crippen LogP contribution in [0, 0.1) is 0 Å². The lowest BCUT2D eigenvalue weighted by Crippen LogP contribution is -2.40. The minimum Gasteiger partial charge on any atom is -0.383 e. The van der Waals surface area contributed by atoms with Gasteiger partial charge < -0.3 is 15.8 Å². The van der Waals surface area contributed by atoms with Crippen LogP contribution in [0.2, 0.25) is 0 Å². The number of amides is 1. The number of hydrogen-bond acceptors (Lipinski definition) is 3. The lowest BCUT2D eigenvalue weighted by molar-refractivity contribution is -0.118. The van der Waals surface area contributed by atoms with Crippen molar-refractivity contribution in [1.82, 2.24) is 5.32 Å². The highest BCUT2D eigenvalue weighted by molar-refractivity contribution is 5.74. The Kier molecular flexibility index (Phi) is 6.54. The molecule has 0 fully saturated rings. The van der Waals surface area contributed by atoms with Crippen LogP contribution in [0.5, 0.6) is 0 Å². The summed E-state index contributed by atoms with van der Waals surface area (Å²) in [6, 6.07) is 0.428. The topological polar surface area (TPSA) is 64.3 Å². The van der Waals surface area contributed by atoms with Crippen LogP contribution in [0.15, 0.2) is 0 Å². The van der Waals surface area contributed by atoms with Gasteiger partial charge in [-0.3, -0.25) is 4.79 Å². The van der Waals surface area contributed by atoms with E-state index in [1.54, 1.807) is 7.11 Å². The quantitative estimate of drug-likeness (QED) is 0.602. The number of primary amides is 1. The average Bonchev–Trinajstić information content (AvgIpc) is 2.02. The van der Waals surface area contributed by atoms with Crippen LogP contribution in [0.4, 0.5) is 0 Å². The van der Waals surface area contributed by atoms with E-state index in [0.717, 1.165) is 6.42 Å². The lowest BCUT2D eigenvalue weighted by Gasteiger charge is -2.20. The number of nitrogens with one attached hydrogen (secondary N) is 1. The number of ether oxygens (including phenoxy) is 1. The summed E-state index contributed by atoms with van der Waals surface area (Å²) >= 11 is 0. The summed E-state index contributed by atoms with van der Waals surface area (Å²) < 4.78 is 5.02. The van der Waals surface area contributed by atoms with Gasteiger partial charge >= 0.3 is 0 Å². The van der Waals surface area contributed by atoms with E-state index in [1.807, 2.05) is 6.92 Å². The monoisotopic (exact) mass is 188 g/mol. The first-order valence-electron chi connectivity index (χ1n) is 4.63. The van der Waals surface area contributed by atoms with Crippen molar-refractivity contribution in [2.45, 2.75) is 38.8 Å². The fourth-order valence-electron chi connectivity index (χ4n) is 1.25. The number of carbonyl (C=O) groups excluding carboxylic acids is 1. The molecular weight excluding hydrogens is 168 g/mol. The first-order valence-corrected chi connectivity index (χ1v) is 4.63. The summed E-state index contributed by atoms with van der Waals surface area (Å²) in [7, 11) is 1.67. The average molecular weight is 188 g/mol. The van der Waals surface area contributed by atoms with E-state index in [9.17, 15) is 4.79 Å². The Bertz CT molecular complexity index is 151. The highest BCUT2D eigenvalue weighted by Gasteiger charge is 2.11. The Labute approximate surface area is 79.8 Å². The largest absolute Gasteiger partial charge is 0.383 e. The van der Waals surface area contributed by atoms with Crippen LogP contribution in [0.1, 0.15) is 26.7 Å². The minimum atomic E-state index is -0.271. The van der Waals surface area contributed by atoms with Gasteiger partial charge in [0.05, 0.1) is 6.61 Å². The van der Waals surface area contributed by atoms with Crippen LogP contribution in [0.25, 0.3) is 0 Å². The number of rotatable bonds is 7. The molecule has 0 bridgehead atoms. The molecule has 4 nitrogen and oxygen atoms in total. The molecule has 78 valence electrons. The molecule has 0 aromatic carbocycles. The Morgan fingerprint density at radius 3 is 2.62 bits per heavy atom. The van der Waals surface area contributed by atoms with E-state index in [4.69, 9.17) is 10.5 Å². The number of methoxy groups -OCH3 is 1. The molecule has 0 saturated heterocycles. The molecule has 0 heterocycles. The van der Waals surface area contributed by atoms with Gasteiger partial charge in [0.1, 0.15) is 0 Å². The van der Waals surface area contributed by atoms with E-state index in [2.05, 4.69) is 12.2 Å². The van der Waals surface area contributed by atoms with Crippen molar-refractivity contribution in [3.05, 3.63) is 0 Å². The second kappa shape index (κ2) is 6.86. The maximum absolute atomic E-state index is 10.6. The Morgan fingerprint density at radius 1 is 1.62 bits per heavy atom. The summed E-state index contributed by atoms with van der Waals surface area (Å²) in [6.07, 6.45) is 1.36. The Hall–Kier alpha value is -0.610. The molecule has 0 aliphatic rings. The molecule has 4 heteroatoms. The molecule has 3 N–H and O–H groups in total. The van der Waals surface area contributed by atoms with Crippen LogP contribution >= 0.6 is 0 Å². The van der Waals surface area contributed by atoms with Crippen molar-refractivity contribution in [1.29, 1.82) is 0 Å². The van der Waals surface area contributed by atoms with Gasteiger partial charge in [-0.25, -0.2) is 0 Å². The predicted molar refractivity (Wildman–Crippen MR) is 52.4 cm³/mol. The number of nitrogens with two attached hydrogens (primary N) is 1. The second-order valence-corrected chi connectivity index (χ2v) is 3.30.